The summed E-state index contributed by atoms with van der Waals surface area (Å²) in [7, 11) is -6.59. The Balaban J connectivity index is 1.58. The number of allylic oxidation sites excluding steroid dienone is 1. The molecule has 0 radical (unpaired) electrons. The summed E-state index contributed by atoms with van der Waals surface area (Å²) in [5.74, 6) is -1.70. The molecule has 4 aromatic rings. The van der Waals surface area contributed by atoms with E-state index < -0.39 is 45.5 Å². The first-order valence-electron chi connectivity index (χ1n) is 14.7. The van der Waals surface area contributed by atoms with E-state index in [1.807, 2.05) is 0 Å². The molecule has 1 atom stereocenters. The van der Waals surface area contributed by atoms with Gasteiger partial charge >= 0.3 is 12.1 Å². The average molecular weight is 723 g/mol. The predicted octanol–water partition coefficient (Wildman–Crippen LogP) is 4.76. The molecule has 0 saturated heterocycles. The lowest BCUT2D eigenvalue weighted by Gasteiger charge is -2.17. The largest absolute Gasteiger partial charge is 0.484 e. The molecule has 1 unspecified atom stereocenters. The molecule has 262 valence electrons. The van der Waals surface area contributed by atoms with Crippen molar-refractivity contribution in [3.05, 3.63) is 83.2 Å². The normalized spacial score (nSPS) is 12.7. The summed E-state index contributed by atoms with van der Waals surface area (Å²) in [5.41, 5.74) is 1.33. The van der Waals surface area contributed by atoms with Crippen LogP contribution in [0.2, 0.25) is 0 Å². The minimum Gasteiger partial charge on any atom is -0.484 e. The number of hydrogen-bond acceptors (Lipinski definition) is 9. The Hall–Kier alpha value is -4.77. The number of unbranched alkanes of at least 4 members (excludes halogenated alkanes) is 1. The lowest BCUT2D eigenvalue weighted by molar-refractivity contribution is -0.153. The number of hydrogen-bond donors (Lipinski definition) is 2. The molecule has 12 nitrogen and oxygen atoms in total. The van der Waals surface area contributed by atoms with Crippen LogP contribution in [-0.2, 0) is 36.2 Å². The van der Waals surface area contributed by atoms with Crippen molar-refractivity contribution in [1.29, 1.82) is 0 Å². The van der Waals surface area contributed by atoms with Crippen molar-refractivity contribution in [2.45, 2.75) is 55.6 Å². The van der Waals surface area contributed by atoms with E-state index in [1.54, 1.807) is 32.0 Å². The van der Waals surface area contributed by atoms with Crippen LogP contribution in [0.3, 0.4) is 0 Å². The number of imidazole rings is 1. The molecule has 0 bridgehead atoms. The van der Waals surface area contributed by atoms with Crippen molar-refractivity contribution in [2.75, 3.05) is 19.8 Å². The number of alkyl halides is 3. The number of carboxylic acid groups (broad SMARTS) is 1. The zero-order chi connectivity index (χ0) is 35.9. The molecule has 2 aromatic heterocycles. The van der Waals surface area contributed by atoms with E-state index in [1.165, 1.54) is 43.5 Å². The molecule has 2 aromatic carbocycles. The van der Waals surface area contributed by atoms with Crippen LogP contribution in [0.1, 0.15) is 35.2 Å². The van der Waals surface area contributed by atoms with E-state index in [4.69, 9.17) is 14.6 Å². The highest BCUT2D eigenvalue weighted by atomic mass is 32.2. The van der Waals surface area contributed by atoms with Crippen LogP contribution in [0.4, 0.5) is 13.2 Å². The van der Waals surface area contributed by atoms with Crippen molar-refractivity contribution in [3.63, 3.8) is 0 Å². The Morgan fingerprint density at radius 2 is 1.78 bits per heavy atom. The van der Waals surface area contributed by atoms with Crippen molar-refractivity contribution < 1.29 is 50.0 Å². The summed E-state index contributed by atoms with van der Waals surface area (Å²) in [5, 5.41) is 11.0. The van der Waals surface area contributed by atoms with Crippen LogP contribution in [-0.4, -0.2) is 69.5 Å². The Morgan fingerprint density at radius 3 is 2.45 bits per heavy atom. The number of nitrogens with one attached hydrogen (secondary N) is 1. The van der Waals surface area contributed by atoms with Crippen molar-refractivity contribution >= 4 is 43.7 Å². The van der Waals surface area contributed by atoms with Gasteiger partial charge in [0.2, 0.25) is 5.16 Å². The van der Waals surface area contributed by atoms with Crippen LogP contribution in [0.5, 0.6) is 11.5 Å². The van der Waals surface area contributed by atoms with Gasteiger partial charge in [0.15, 0.2) is 13.2 Å². The highest BCUT2D eigenvalue weighted by molar-refractivity contribution is 7.91. The lowest BCUT2D eigenvalue weighted by Crippen LogP contribution is -2.29. The second kappa shape index (κ2) is 15.6. The number of halogens is 3. The SMILES string of the molecule is Cc1cc(OCC(=O)NCCCC=CC(=O)O)cc(C)c1S(=O)(=O)n1c(S(=O)Cc2nccc(OCC(F)(F)F)c2C)nc2ccccc21. The van der Waals surface area contributed by atoms with Crippen molar-refractivity contribution in [3.8, 4) is 11.5 Å². The molecule has 0 spiro atoms. The van der Waals surface area contributed by atoms with Gasteiger partial charge in [-0.05, 0) is 75.1 Å². The summed E-state index contributed by atoms with van der Waals surface area (Å²) in [6, 6.07) is 10.5. The number of amides is 1. The number of aryl methyl sites for hydroxylation is 2. The van der Waals surface area contributed by atoms with Gasteiger partial charge in [-0.2, -0.15) is 13.2 Å². The van der Waals surface area contributed by atoms with Gasteiger partial charge in [0.05, 0.1) is 38.2 Å². The number of ether oxygens (including phenoxy) is 2. The topological polar surface area (TPSA) is 167 Å². The first kappa shape index (κ1) is 37.1. The van der Waals surface area contributed by atoms with E-state index in [2.05, 4.69) is 15.3 Å². The molecule has 0 aliphatic heterocycles. The summed E-state index contributed by atoms with van der Waals surface area (Å²) < 4.78 is 92.1. The van der Waals surface area contributed by atoms with Crippen LogP contribution in [0.25, 0.3) is 11.0 Å². The number of pyridine rings is 1. The molecule has 1 amide bonds. The second-order valence-electron chi connectivity index (χ2n) is 10.8. The summed E-state index contributed by atoms with van der Waals surface area (Å²) in [6.45, 7) is 2.99. The number of nitrogens with zero attached hydrogens (tertiary/aromatic N) is 3. The fourth-order valence-corrected chi connectivity index (χ4v) is 8.36. The van der Waals surface area contributed by atoms with Gasteiger partial charge in [-0.25, -0.2) is 22.2 Å². The number of carbonyl (C=O) groups is 2. The molecule has 0 aliphatic rings. The van der Waals surface area contributed by atoms with Crippen molar-refractivity contribution in [1.82, 2.24) is 19.3 Å². The number of aliphatic carboxylic acids is 1. The summed E-state index contributed by atoms with van der Waals surface area (Å²) in [6.07, 6.45) is 0.141. The average Bonchev–Trinajstić information content (AvgIpc) is 3.42. The predicted molar refractivity (Wildman–Crippen MR) is 173 cm³/mol. The molecule has 49 heavy (non-hydrogen) atoms. The summed E-state index contributed by atoms with van der Waals surface area (Å²) in [4.78, 5) is 31.2. The van der Waals surface area contributed by atoms with E-state index in [0.717, 1.165) is 10.0 Å². The zero-order valence-corrected chi connectivity index (χ0v) is 28.2. The van der Waals surface area contributed by atoms with Gasteiger partial charge in [0.25, 0.3) is 15.9 Å². The standard InChI is InChI=1S/C32H33F3N4O8S2/c1-20-15-23(46-17-28(40)37-13-8-4-5-11-29(41)42)16-21(2)30(20)49(44,45)39-26-10-7-6-9-24(26)38-31(39)48(43)18-25-22(3)27(12-14-36-25)47-19-32(33,34)35/h5-7,9-12,14-16H,4,8,13,17-19H2,1-3H3,(H,37,40)(H,41,42). The molecule has 2 N–H and O–H groups in total. The van der Waals surface area contributed by atoms with Crippen molar-refractivity contribution in [2.24, 2.45) is 0 Å². The highest BCUT2D eigenvalue weighted by Gasteiger charge is 2.31. The molecule has 4 rings (SSSR count). The van der Waals surface area contributed by atoms with Crippen LogP contribution >= 0.6 is 0 Å². The number of benzene rings is 2. The fourth-order valence-electron chi connectivity index (χ4n) is 4.89. The number of carbonyl (C=O) groups excluding carboxylic acids is 1. The molecular formula is C32H33F3N4O8S2. The molecule has 2 heterocycles. The molecule has 17 heteroatoms. The molecule has 0 saturated carbocycles. The van der Waals surface area contributed by atoms with Gasteiger partial charge in [0.1, 0.15) is 11.5 Å². The zero-order valence-electron chi connectivity index (χ0n) is 26.6. The smallest absolute Gasteiger partial charge is 0.422 e. The van der Waals surface area contributed by atoms with Gasteiger partial charge in [-0.1, -0.05) is 18.2 Å². The van der Waals surface area contributed by atoms with Gasteiger partial charge in [0, 0.05) is 24.4 Å². The maximum atomic E-state index is 14.3. The van der Waals surface area contributed by atoms with E-state index in [9.17, 15) is 35.4 Å². The van der Waals surface area contributed by atoms with Gasteiger partial charge in [-0.15, -0.1) is 0 Å². The van der Waals surface area contributed by atoms with E-state index in [0.29, 0.717) is 19.4 Å². The fraction of sp³-hybridized carbons (Fsp3) is 0.312. The number of rotatable bonds is 15. The second-order valence-corrected chi connectivity index (χ2v) is 13.9. The Morgan fingerprint density at radius 1 is 1.08 bits per heavy atom. The number of para-hydroxylation sites is 2. The number of aromatic nitrogens is 3. The first-order valence-corrected chi connectivity index (χ1v) is 17.5. The maximum Gasteiger partial charge on any atom is 0.422 e. The minimum atomic E-state index is -4.57. The van der Waals surface area contributed by atoms with Crippen LogP contribution in [0, 0.1) is 20.8 Å². The summed E-state index contributed by atoms with van der Waals surface area (Å²) >= 11 is 0. The van der Waals surface area contributed by atoms with Crippen LogP contribution in [0.15, 0.2) is 70.9 Å². The maximum absolute atomic E-state index is 14.3. The number of fused-ring (bicyclic) bond motifs is 1. The third kappa shape index (κ3) is 9.44. The van der Waals surface area contributed by atoms with Gasteiger partial charge < -0.3 is 19.9 Å². The lowest BCUT2D eigenvalue weighted by atomic mass is 10.1. The molecule has 0 aliphatic carbocycles. The first-order chi connectivity index (χ1) is 23.1. The minimum absolute atomic E-state index is 0.100. The highest BCUT2D eigenvalue weighted by Crippen LogP contribution is 2.32. The van der Waals surface area contributed by atoms with Gasteiger partial charge in [-0.3, -0.25) is 14.0 Å². The van der Waals surface area contributed by atoms with E-state index in [-0.39, 0.29) is 67.3 Å². The molecule has 0 fully saturated rings. The quantitative estimate of drug-likeness (QED) is 0.129. The third-order valence-electron chi connectivity index (χ3n) is 7.04. The number of carboxylic acids is 1. The van der Waals surface area contributed by atoms with E-state index >= 15 is 0 Å². The van der Waals surface area contributed by atoms with Crippen LogP contribution < -0.4 is 14.8 Å². The Bertz CT molecular complexity index is 2010. The Labute approximate surface area is 282 Å². The third-order valence-corrected chi connectivity index (χ3v) is 10.4. The molecular weight excluding hydrogens is 690 g/mol. The monoisotopic (exact) mass is 722 g/mol. The Kier molecular flexibility index (Phi) is 11.8.